The Bertz CT molecular complexity index is 1050. The first-order valence-electron chi connectivity index (χ1n) is 12.6. The zero-order chi connectivity index (χ0) is 29.2. The molecule has 5 N–H and O–H groups in total. The van der Waals surface area contributed by atoms with E-state index in [0.717, 1.165) is 18.8 Å². The third-order valence-electron chi connectivity index (χ3n) is 5.24. The van der Waals surface area contributed by atoms with Gasteiger partial charge in [-0.05, 0) is 57.2 Å². The van der Waals surface area contributed by atoms with Gasteiger partial charge in [-0.1, -0.05) is 12.1 Å². The number of carbonyl (C=O) groups is 3. The Morgan fingerprint density at radius 3 is 2.29 bits per heavy atom. The first kappa shape index (κ1) is 40.2. The summed E-state index contributed by atoms with van der Waals surface area (Å²) in [6.07, 6.45) is -0.411. The summed E-state index contributed by atoms with van der Waals surface area (Å²) in [5.41, 5.74) is 8.10. The van der Waals surface area contributed by atoms with Crippen LogP contribution in [0, 0.1) is 6.92 Å². The molecular weight excluding hydrogens is 723 g/mol. The van der Waals surface area contributed by atoms with E-state index in [1.165, 1.54) is 6.07 Å². The van der Waals surface area contributed by atoms with E-state index in [1.54, 1.807) is 44.4 Å². The van der Waals surface area contributed by atoms with Crippen LogP contribution in [0.5, 0.6) is 5.75 Å². The van der Waals surface area contributed by atoms with E-state index >= 15 is 0 Å². The number of nitrogen functional groups attached to an aromatic ring is 1. The second-order valence-corrected chi connectivity index (χ2v) is 8.04. The Morgan fingerprint density at radius 1 is 1.05 bits per heavy atom. The normalized spacial score (nSPS) is 10.5. The molecule has 2 aromatic carbocycles. The molecule has 1 amide bonds. The van der Waals surface area contributed by atoms with Gasteiger partial charge in [-0.25, -0.2) is 9.59 Å². The van der Waals surface area contributed by atoms with Crippen molar-refractivity contribution < 1.29 is 71.6 Å². The topological polar surface area (TPSA) is 180 Å². The van der Waals surface area contributed by atoms with Gasteiger partial charge in [0.25, 0.3) is 5.91 Å². The second kappa shape index (κ2) is 22.7. The average molecular weight is 764 g/mol. The Balaban J connectivity index is 0. The minimum Gasteiger partial charge on any atom is -0.870 e. The smallest absolute Gasteiger partial charge is 0.870 e. The number of ether oxygens (including phenoxy) is 4. The molecule has 0 saturated carbocycles. The number of methoxy groups -OCH3 is 1. The molecule has 224 valence electrons. The summed E-state index contributed by atoms with van der Waals surface area (Å²) in [5.74, 6) is -1.58. The number of aliphatic carboxylic acids is 1. The van der Waals surface area contributed by atoms with Gasteiger partial charge in [0.15, 0.2) is 6.61 Å². The number of nitrogens with two attached hydrogens (primary N) is 1. The predicted octanol–water partition coefficient (Wildman–Crippen LogP) is 2.86. The number of esters is 1. The average Bonchev–Trinajstić information content (AvgIpc) is 2.92. The van der Waals surface area contributed by atoms with Gasteiger partial charge in [-0.3, -0.25) is 4.79 Å². The molecule has 0 aliphatic rings. The monoisotopic (exact) mass is 765 g/mol. The van der Waals surface area contributed by atoms with Crippen LogP contribution >= 0.6 is 0 Å². The van der Waals surface area contributed by atoms with Gasteiger partial charge >= 0.3 is 39.6 Å². The molecule has 0 spiro atoms. The predicted molar refractivity (Wildman–Crippen MR) is 151 cm³/mol. The Labute approximate surface area is 262 Å². The molecule has 1 unspecified atom stereocenters. The first-order chi connectivity index (χ1) is 18.7. The van der Waals surface area contributed by atoms with Crippen LogP contribution in [-0.2, 0) is 46.7 Å². The second-order valence-electron chi connectivity index (χ2n) is 8.04. The standard InChI is InChI=1S/C15H20NO6.C13H20N2O2.Hg.H2O/c1-11(21-8-7-20-2)9-16-15(19)12-5-3-4-6-13(12)22-10-14(17)18;1-4-15(5-2)12-9-10(14)7-8-11(12)13(16)17-6-3;;/h3-6,11H,1,7-10H2,2H3,(H,16,19)(H,17,18);7-9H,4-6,14H2,1-3H3;;1H2/q-1;;+2;/p-1. The number of nitrogens with one attached hydrogen (secondary N) is 1. The fraction of sp³-hybridized carbons (Fsp3) is 0.429. The third-order valence-corrected chi connectivity index (χ3v) is 5.24. The van der Waals surface area contributed by atoms with E-state index in [9.17, 15) is 14.4 Å². The Morgan fingerprint density at radius 2 is 1.71 bits per heavy atom. The quantitative estimate of drug-likeness (QED) is 0.0799. The molecule has 0 aromatic heterocycles. The van der Waals surface area contributed by atoms with Crippen molar-refractivity contribution in [2.75, 3.05) is 63.8 Å². The zero-order valence-electron chi connectivity index (χ0n) is 24.3. The molecule has 0 saturated heterocycles. The van der Waals surface area contributed by atoms with Gasteiger partial charge in [-0.2, -0.15) is 0 Å². The van der Waals surface area contributed by atoms with Crippen LogP contribution in [0.1, 0.15) is 41.5 Å². The molecule has 2 aromatic rings. The minimum absolute atomic E-state index is 0. The van der Waals surface area contributed by atoms with E-state index in [-0.39, 0.29) is 62.9 Å². The van der Waals surface area contributed by atoms with E-state index in [1.807, 2.05) is 19.9 Å². The molecule has 41 heavy (non-hydrogen) atoms. The van der Waals surface area contributed by atoms with Crippen molar-refractivity contribution >= 4 is 29.2 Å². The van der Waals surface area contributed by atoms with Gasteiger partial charge in [0.1, 0.15) is 5.75 Å². The number of hydrogen-bond donors (Lipinski definition) is 3. The molecule has 0 fully saturated rings. The van der Waals surface area contributed by atoms with E-state index < -0.39 is 18.7 Å². The molecule has 0 radical (unpaired) electrons. The summed E-state index contributed by atoms with van der Waals surface area (Å²) in [4.78, 5) is 36.5. The number of para-hydroxylation sites is 1. The van der Waals surface area contributed by atoms with Gasteiger partial charge in [0.05, 0.1) is 36.6 Å². The summed E-state index contributed by atoms with van der Waals surface area (Å²) >= 11 is 0. The molecule has 13 heteroatoms. The van der Waals surface area contributed by atoms with E-state index in [4.69, 9.17) is 29.8 Å². The Hall–Kier alpha value is -2.93. The summed E-state index contributed by atoms with van der Waals surface area (Å²) in [5, 5.41) is 11.3. The number of carboxylic acids is 1. The maximum absolute atomic E-state index is 12.1. The summed E-state index contributed by atoms with van der Waals surface area (Å²) in [7, 11) is 1.57. The molecular formula is C28H41HgN3O9. The molecule has 0 aliphatic carbocycles. The fourth-order valence-electron chi connectivity index (χ4n) is 3.33. The van der Waals surface area contributed by atoms with Crippen LogP contribution in [-0.4, -0.2) is 87.7 Å². The SMILES string of the molecule is CCOC(=O)c1ccc(N)cc1N(CC)CC.[CH2-]C(CNC(=O)c1ccccc1OCC(=O)O)OCCOC.[Hg+2].[OH-]. The molecule has 12 nitrogen and oxygen atoms in total. The van der Waals surface area contributed by atoms with Crippen molar-refractivity contribution in [2.45, 2.75) is 26.9 Å². The van der Waals surface area contributed by atoms with Crippen molar-refractivity contribution in [1.29, 1.82) is 0 Å². The molecule has 0 heterocycles. The first-order valence-corrected chi connectivity index (χ1v) is 12.6. The van der Waals surface area contributed by atoms with Crippen molar-refractivity contribution in [2.24, 2.45) is 0 Å². The molecule has 1 atom stereocenters. The minimum atomic E-state index is -1.11. The van der Waals surface area contributed by atoms with Crippen molar-refractivity contribution in [3.63, 3.8) is 0 Å². The van der Waals surface area contributed by atoms with Crippen molar-refractivity contribution in [3.05, 3.63) is 60.5 Å². The van der Waals surface area contributed by atoms with Gasteiger partial charge in [-0.15, -0.1) is 0 Å². The maximum atomic E-state index is 12.1. The van der Waals surface area contributed by atoms with Gasteiger partial charge in [0, 0.05) is 32.4 Å². The zero-order valence-corrected chi connectivity index (χ0v) is 29.8. The summed E-state index contributed by atoms with van der Waals surface area (Å²) in [6.45, 7) is 12.2. The van der Waals surface area contributed by atoms with Crippen LogP contribution in [0.25, 0.3) is 0 Å². The fourth-order valence-corrected chi connectivity index (χ4v) is 3.33. The van der Waals surface area contributed by atoms with Crippen molar-refractivity contribution in [3.8, 4) is 5.75 Å². The number of rotatable bonds is 15. The van der Waals surface area contributed by atoms with Crippen LogP contribution in [0.15, 0.2) is 42.5 Å². The Kier molecular flexibility index (Phi) is 22.3. The number of carboxylic acid groups (broad SMARTS) is 1. The maximum Gasteiger partial charge on any atom is 2.00 e. The number of hydrogen-bond acceptors (Lipinski definition) is 10. The molecule has 0 bridgehead atoms. The number of anilines is 2. The largest absolute Gasteiger partial charge is 2.00 e. The summed E-state index contributed by atoms with van der Waals surface area (Å²) in [6, 6.07) is 11.7. The number of amides is 1. The number of nitrogens with zero attached hydrogens (tertiary/aromatic N) is 1. The van der Waals surface area contributed by atoms with Crippen LogP contribution in [0.2, 0.25) is 0 Å². The summed E-state index contributed by atoms with van der Waals surface area (Å²) < 4.78 is 20.3. The number of benzene rings is 2. The molecule has 2 rings (SSSR count). The van der Waals surface area contributed by atoms with Crippen LogP contribution < -0.4 is 20.7 Å². The molecule has 0 aliphatic heterocycles. The third kappa shape index (κ3) is 15.0. The van der Waals surface area contributed by atoms with E-state index in [2.05, 4.69) is 17.1 Å². The van der Waals surface area contributed by atoms with Gasteiger partial charge in [0.2, 0.25) is 0 Å². The van der Waals surface area contributed by atoms with Crippen LogP contribution in [0.3, 0.4) is 0 Å². The number of carbonyl (C=O) groups excluding carboxylic acids is 2. The van der Waals surface area contributed by atoms with Crippen LogP contribution in [0.4, 0.5) is 11.4 Å². The van der Waals surface area contributed by atoms with E-state index in [0.29, 0.717) is 31.1 Å². The van der Waals surface area contributed by atoms with Crippen molar-refractivity contribution in [1.82, 2.24) is 5.32 Å². The van der Waals surface area contributed by atoms with Gasteiger partial charge < -0.3 is 52.4 Å².